The van der Waals surface area contributed by atoms with Crippen molar-refractivity contribution in [2.24, 2.45) is 9.98 Å². The molecule has 0 spiro atoms. The Labute approximate surface area is 131 Å². The van der Waals surface area contributed by atoms with Crippen LogP contribution < -0.4 is 0 Å². The molecular formula is C18H20N4. The van der Waals surface area contributed by atoms with E-state index >= 15 is 0 Å². The molecule has 0 aliphatic heterocycles. The van der Waals surface area contributed by atoms with Crippen LogP contribution in [-0.2, 0) is 13.1 Å². The molecule has 0 unspecified atom stereocenters. The first-order valence-corrected chi connectivity index (χ1v) is 7.72. The molecule has 2 aromatic heterocycles. The fourth-order valence-electron chi connectivity index (χ4n) is 2.53. The summed E-state index contributed by atoms with van der Waals surface area (Å²) in [4.78, 5) is 17.7. The van der Waals surface area contributed by atoms with Crippen LogP contribution in [0.1, 0.15) is 36.8 Å². The largest absolute Gasteiger partial charge is 0.289 e. The monoisotopic (exact) mass is 292 g/mol. The van der Waals surface area contributed by atoms with Crippen LogP contribution in [0.5, 0.6) is 0 Å². The second-order valence-corrected chi connectivity index (χ2v) is 5.49. The van der Waals surface area contributed by atoms with Gasteiger partial charge < -0.3 is 0 Å². The summed E-state index contributed by atoms with van der Waals surface area (Å²) in [6.45, 7) is 1.48. The van der Waals surface area contributed by atoms with Gasteiger partial charge in [-0.2, -0.15) is 0 Å². The lowest BCUT2D eigenvalue weighted by molar-refractivity contribution is 0.894. The highest BCUT2D eigenvalue weighted by atomic mass is 14.8. The van der Waals surface area contributed by atoms with Crippen molar-refractivity contribution in [2.75, 3.05) is 0 Å². The van der Waals surface area contributed by atoms with Crippen LogP contribution in [0, 0.1) is 0 Å². The van der Waals surface area contributed by atoms with Gasteiger partial charge in [0.2, 0.25) is 0 Å². The molecule has 4 heteroatoms. The molecule has 1 saturated carbocycles. The van der Waals surface area contributed by atoms with Gasteiger partial charge in [-0.05, 0) is 48.9 Å². The first kappa shape index (κ1) is 14.6. The summed E-state index contributed by atoms with van der Waals surface area (Å²) in [6, 6.07) is 8.06. The van der Waals surface area contributed by atoms with E-state index in [1.807, 2.05) is 24.5 Å². The third kappa shape index (κ3) is 4.32. The van der Waals surface area contributed by atoms with E-state index in [4.69, 9.17) is 9.98 Å². The van der Waals surface area contributed by atoms with Gasteiger partial charge in [0, 0.05) is 36.2 Å². The summed E-state index contributed by atoms with van der Waals surface area (Å²) in [5.41, 5.74) is 4.96. The lowest BCUT2D eigenvalue weighted by atomic mass is 9.96. The summed E-state index contributed by atoms with van der Waals surface area (Å²) < 4.78 is 0. The van der Waals surface area contributed by atoms with Crippen molar-refractivity contribution in [3.8, 4) is 0 Å². The van der Waals surface area contributed by atoms with Crippen molar-refractivity contribution in [1.29, 1.82) is 0 Å². The maximum Gasteiger partial charge on any atom is 0.0654 e. The number of nitrogens with zero attached hydrogens (tertiary/aromatic N) is 4. The highest BCUT2D eigenvalue weighted by Crippen LogP contribution is 2.15. The number of hydrogen-bond donors (Lipinski definition) is 0. The summed E-state index contributed by atoms with van der Waals surface area (Å²) in [7, 11) is 0. The summed E-state index contributed by atoms with van der Waals surface area (Å²) >= 11 is 0. The lowest BCUT2D eigenvalue weighted by Gasteiger charge is -2.15. The first-order chi connectivity index (χ1) is 10.9. The molecule has 0 amide bonds. The molecule has 4 nitrogen and oxygen atoms in total. The molecule has 0 saturated heterocycles. The number of pyridine rings is 2. The SMILES string of the molecule is c1cncc(CN=C2CCC(=NCc3cccnc3)CC2)c1. The summed E-state index contributed by atoms with van der Waals surface area (Å²) in [5.74, 6) is 0. The van der Waals surface area contributed by atoms with E-state index in [1.54, 1.807) is 12.4 Å². The van der Waals surface area contributed by atoms with Crippen LogP contribution in [0.25, 0.3) is 0 Å². The molecule has 3 rings (SSSR count). The van der Waals surface area contributed by atoms with E-state index in [0.717, 1.165) is 38.8 Å². The molecule has 0 radical (unpaired) electrons. The molecule has 112 valence electrons. The number of aliphatic imine (C=N–C) groups is 2. The second kappa shape index (κ2) is 7.59. The van der Waals surface area contributed by atoms with Crippen molar-refractivity contribution in [2.45, 2.75) is 38.8 Å². The van der Waals surface area contributed by atoms with Crippen molar-refractivity contribution >= 4 is 11.4 Å². The first-order valence-electron chi connectivity index (χ1n) is 7.72. The summed E-state index contributed by atoms with van der Waals surface area (Å²) in [5, 5.41) is 0. The molecule has 0 atom stereocenters. The Kier molecular flexibility index (Phi) is 5.03. The number of aromatic nitrogens is 2. The molecule has 2 heterocycles. The molecular weight excluding hydrogens is 272 g/mol. The van der Waals surface area contributed by atoms with E-state index in [0.29, 0.717) is 0 Å². The minimum atomic E-state index is 0.741. The van der Waals surface area contributed by atoms with Gasteiger partial charge in [0.15, 0.2) is 0 Å². The van der Waals surface area contributed by atoms with Crippen LogP contribution in [0.3, 0.4) is 0 Å². The van der Waals surface area contributed by atoms with Crippen LogP contribution in [-0.4, -0.2) is 21.4 Å². The second-order valence-electron chi connectivity index (χ2n) is 5.49. The van der Waals surface area contributed by atoms with Crippen LogP contribution in [0.2, 0.25) is 0 Å². The van der Waals surface area contributed by atoms with Crippen molar-refractivity contribution in [3.63, 3.8) is 0 Å². The van der Waals surface area contributed by atoms with Gasteiger partial charge in [-0.3, -0.25) is 20.0 Å². The van der Waals surface area contributed by atoms with Crippen LogP contribution in [0.4, 0.5) is 0 Å². The topological polar surface area (TPSA) is 50.5 Å². The smallest absolute Gasteiger partial charge is 0.0654 e. The minimum absolute atomic E-state index is 0.741. The number of hydrogen-bond acceptors (Lipinski definition) is 4. The quantitative estimate of drug-likeness (QED) is 0.864. The maximum absolute atomic E-state index is 4.72. The van der Waals surface area contributed by atoms with Gasteiger partial charge in [-0.25, -0.2) is 0 Å². The molecule has 2 aromatic rings. The molecule has 1 aliphatic rings. The fourth-order valence-corrected chi connectivity index (χ4v) is 2.53. The van der Waals surface area contributed by atoms with E-state index in [9.17, 15) is 0 Å². The third-order valence-electron chi connectivity index (χ3n) is 3.82. The van der Waals surface area contributed by atoms with Crippen molar-refractivity contribution in [3.05, 3.63) is 60.2 Å². The Bertz CT molecular complexity index is 576. The zero-order valence-corrected chi connectivity index (χ0v) is 12.7. The lowest BCUT2D eigenvalue weighted by Crippen LogP contribution is -2.14. The molecule has 0 aromatic carbocycles. The van der Waals surface area contributed by atoms with Crippen LogP contribution in [0.15, 0.2) is 59.0 Å². The zero-order valence-electron chi connectivity index (χ0n) is 12.7. The molecule has 1 aliphatic carbocycles. The van der Waals surface area contributed by atoms with Gasteiger partial charge in [0.1, 0.15) is 0 Å². The molecule has 0 N–H and O–H groups in total. The molecule has 1 fully saturated rings. The van der Waals surface area contributed by atoms with E-state index in [2.05, 4.69) is 22.1 Å². The van der Waals surface area contributed by atoms with Gasteiger partial charge in [-0.1, -0.05) is 12.1 Å². The Hall–Kier alpha value is -2.36. The molecule has 22 heavy (non-hydrogen) atoms. The average Bonchev–Trinajstić information content (AvgIpc) is 2.61. The average molecular weight is 292 g/mol. The third-order valence-corrected chi connectivity index (χ3v) is 3.82. The van der Waals surface area contributed by atoms with Gasteiger partial charge in [-0.15, -0.1) is 0 Å². The standard InChI is InChI=1S/C18H20N4/c1-3-15(11-19-9-1)13-21-17-5-7-18(8-6-17)22-14-16-4-2-10-20-12-16/h1-4,9-12H,5-8,13-14H2. The van der Waals surface area contributed by atoms with Crippen LogP contribution >= 0.6 is 0 Å². The summed E-state index contributed by atoms with van der Waals surface area (Å²) in [6.07, 6.45) is 11.5. The predicted octanol–water partition coefficient (Wildman–Crippen LogP) is 3.63. The van der Waals surface area contributed by atoms with Gasteiger partial charge >= 0.3 is 0 Å². The zero-order chi connectivity index (χ0) is 15.0. The Balaban J connectivity index is 1.50. The fraction of sp³-hybridized carbons (Fsp3) is 0.333. The van der Waals surface area contributed by atoms with Gasteiger partial charge in [0.25, 0.3) is 0 Å². The predicted molar refractivity (Wildman–Crippen MR) is 89.2 cm³/mol. The maximum atomic E-state index is 4.72. The molecule has 0 bridgehead atoms. The Morgan fingerprint density at radius 1 is 0.727 bits per heavy atom. The Morgan fingerprint density at radius 3 is 1.55 bits per heavy atom. The highest BCUT2D eigenvalue weighted by molar-refractivity contribution is 5.98. The van der Waals surface area contributed by atoms with Gasteiger partial charge in [0.05, 0.1) is 13.1 Å². The Morgan fingerprint density at radius 2 is 1.18 bits per heavy atom. The van der Waals surface area contributed by atoms with Crippen molar-refractivity contribution < 1.29 is 0 Å². The normalized spacial score (nSPS) is 14.7. The van der Waals surface area contributed by atoms with E-state index in [1.165, 1.54) is 22.6 Å². The minimum Gasteiger partial charge on any atom is -0.289 e. The van der Waals surface area contributed by atoms with E-state index in [-0.39, 0.29) is 0 Å². The van der Waals surface area contributed by atoms with Crippen molar-refractivity contribution in [1.82, 2.24) is 9.97 Å². The number of rotatable bonds is 4. The van der Waals surface area contributed by atoms with E-state index < -0.39 is 0 Å². The highest BCUT2D eigenvalue weighted by Gasteiger charge is 2.12.